The van der Waals surface area contributed by atoms with Crippen LogP contribution in [0.15, 0.2) is 24.4 Å². The van der Waals surface area contributed by atoms with E-state index in [1.807, 2.05) is 41.6 Å². The number of aromatic nitrogens is 2. The zero-order chi connectivity index (χ0) is 18.7. The topological polar surface area (TPSA) is 67.2 Å². The van der Waals surface area contributed by atoms with Gasteiger partial charge in [0, 0.05) is 36.0 Å². The van der Waals surface area contributed by atoms with Gasteiger partial charge in [-0.25, -0.2) is 0 Å². The second kappa shape index (κ2) is 8.08. The third-order valence-corrected chi connectivity index (χ3v) is 4.96. The first-order chi connectivity index (χ1) is 12.4. The maximum absolute atomic E-state index is 12.6. The molecule has 1 atom stereocenters. The second-order valence-electron chi connectivity index (χ2n) is 7.16. The molecule has 0 unspecified atom stereocenters. The number of aryl methyl sites for hydroxylation is 1. The Morgan fingerprint density at radius 3 is 2.96 bits per heavy atom. The molecule has 1 aliphatic heterocycles. The fourth-order valence-electron chi connectivity index (χ4n) is 3.40. The number of piperidine rings is 1. The SMILES string of the molecule is CC(C)NC(=O)[C@H]1CCCN(C(=O)CCn2ncc3ccc(Cl)cc32)C1. The molecule has 1 aliphatic rings. The molecule has 26 heavy (non-hydrogen) atoms. The van der Waals surface area contributed by atoms with Gasteiger partial charge in [0.15, 0.2) is 0 Å². The number of benzene rings is 1. The summed E-state index contributed by atoms with van der Waals surface area (Å²) >= 11 is 6.06. The fraction of sp³-hybridized carbons (Fsp3) is 0.526. The Hall–Kier alpha value is -2.08. The lowest BCUT2D eigenvalue weighted by molar-refractivity contribution is -0.136. The highest BCUT2D eigenvalue weighted by Crippen LogP contribution is 2.20. The summed E-state index contributed by atoms with van der Waals surface area (Å²) in [7, 11) is 0. The van der Waals surface area contributed by atoms with Crippen LogP contribution in [0.2, 0.25) is 5.02 Å². The average Bonchev–Trinajstić information content (AvgIpc) is 3.01. The van der Waals surface area contributed by atoms with Gasteiger partial charge in [0.05, 0.1) is 24.2 Å². The normalized spacial score (nSPS) is 17.7. The van der Waals surface area contributed by atoms with Gasteiger partial charge in [-0.15, -0.1) is 0 Å². The Labute approximate surface area is 158 Å². The molecule has 0 radical (unpaired) electrons. The monoisotopic (exact) mass is 376 g/mol. The Bertz CT molecular complexity index is 802. The van der Waals surface area contributed by atoms with Crippen LogP contribution in [0, 0.1) is 5.92 Å². The number of halogens is 1. The summed E-state index contributed by atoms with van der Waals surface area (Å²) in [5.74, 6) is 0.00220. The highest BCUT2D eigenvalue weighted by molar-refractivity contribution is 6.31. The van der Waals surface area contributed by atoms with Gasteiger partial charge in [-0.05, 0) is 44.9 Å². The van der Waals surface area contributed by atoms with Crippen molar-refractivity contribution in [3.8, 4) is 0 Å². The van der Waals surface area contributed by atoms with Crippen LogP contribution in [0.4, 0.5) is 0 Å². The van der Waals surface area contributed by atoms with E-state index >= 15 is 0 Å². The van der Waals surface area contributed by atoms with Crippen molar-refractivity contribution in [2.75, 3.05) is 13.1 Å². The van der Waals surface area contributed by atoms with Crippen LogP contribution in [0.3, 0.4) is 0 Å². The number of nitrogens with zero attached hydrogens (tertiary/aromatic N) is 3. The highest BCUT2D eigenvalue weighted by atomic mass is 35.5. The summed E-state index contributed by atoms with van der Waals surface area (Å²) in [4.78, 5) is 26.6. The predicted molar refractivity (Wildman–Crippen MR) is 102 cm³/mol. The minimum atomic E-state index is -0.112. The van der Waals surface area contributed by atoms with Crippen molar-refractivity contribution in [2.24, 2.45) is 5.92 Å². The van der Waals surface area contributed by atoms with Crippen molar-refractivity contribution in [3.05, 3.63) is 29.4 Å². The van der Waals surface area contributed by atoms with E-state index in [4.69, 9.17) is 11.6 Å². The molecule has 2 aromatic rings. The van der Waals surface area contributed by atoms with Gasteiger partial charge < -0.3 is 10.2 Å². The minimum absolute atomic E-state index is 0.0465. The molecule has 140 valence electrons. The number of nitrogens with one attached hydrogen (secondary N) is 1. The number of amides is 2. The average molecular weight is 377 g/mol. The van der Waals surface area contributed by atoms with Crippen molar-refractivity contribution in [1.29, 1.82) is 0 Å². The van der Waals surface area contributed by atoms with Gasteiger partial charge in [0.2, 0.25) is 11.8 Å². The summed E-state index contributed by atoms with van der Waals surface area (Å²) in [6, 6.07) is 5.73. The Kier molecular flexibility index (Phi) is 5.81. The first-order valence-electron chi connectivity index (χ1n) is 9.13. The lowest BCUT2D eigenvalue weighted by Crippen LogP contribution is -2.46. The Balaban J connectivity index is 1.59. The number of rotatable bonds is 5. The molecule has 0 bridgehead atoms. The Morgan fingerprint density at radius 2 is 2.19 bits per heavy atom. The Morgan fingerprint density at radius 1 is 1.38 bits per heavy atom. The summed E-state index contributed by atoms with van der Waals surface area (Å²) < 4.78 is 1.81. The van der Waals surface area contributed by atoms with Crippen LogP contribution in [0.25, 0.3) is 10.9 Å². The van der Waals surface area contributed by atoms with Crippen LogP contribution in [-0.4, -0.2) is 45.6 Å². The van der Waals surface area contributed by atoms with Gasteiger partial charge in [-0.3, -0.25) is 14.3 Å². The van der Waals surface area contributed by atoms with Gasteiger partial charge in [0.25, 0.3) is 0 Å². The van der Waals surface area contributed by atoms with Gasteiger partial charge in [0.1, 0.15) is 0 Å². The highest BCUT2D eigenvalue weighted by Gasteiger charge is 2.28. The summed E-state index contributed by atoms with van der Waals surface area (Å²) in [6.07, 6.45) is 3.85. The third kappa shape index (κ3) is 4.36. The van der Waals surface area contributed by atoms with E-state index in [0.29, 0.717) is 24.5 Å². The van der Waals surface area contributed by atoms with E-state index in [0.717, 1.165) is 30.3 Å². The lowest BCUT2D eigenvalue weighted by atomic mass is 9.96. The van der Waals surface area contributed by atoms with Crippen LogP contribution in [-0.2, 0) is 16.1 Å². The third-order valence-electron chi connectivity index (χ3n) is 4.72. The molecule has 1 aromatic carbocycles. The summed E-state index contributed by atoms with van der Waals surface area (Å²) in [5, 5.41) is 8.96. The van der Waals surface area contributed by atoms with Crippen molar-refractivity contribution in [3.63, 3.8) is 0 Å². The number of likely N-dealkylation sites (tertiary alicyclic amines) is 1. The largest absolute Gasteiger partial charge is 0.354 e. The number of hydrogen-bond acceptors (Lipinski definition) is 3. The maximum Gasteiger partial charge on any atom is 0.225 e. The molecule has 1 N–H and O–H groups in total. The van der Waals surface area contributed by atoms with Crippen molar-refractivity contribution in [1.82, 2.24) is 20.0 Å². The van der Waals surface area contributed by atoms with E-state index in [1.54, 1.807) is 6.20 Å². The molecule has 2 heterocycles. The molecule has 3 rings (SSSR count). The van der Waals surface area contributed by atoms with E-state index in [-0.39, 0.29) is 23.8 Å². The van der Waals surface area contributed by atoms with Crippen LogP contribution < -0.4 is 5.32 Å². The first-order valence-corrected chi connectivity index (χ1v) is 9.51. The molecule has 6 nitrogen and oxygen atoms in total. The molecule has 1 fully saturated rings. The zero-order valence-electron chi connectivity index (χ0n) is 15.2. The van der Waals surface area contributed by atoms with Gasteiger partial charge in [-0.1, -0.05) is 11.6 Å². The van der Waals surface area contributed by atoms with E-state index in [9.17, 15) is 9.59 Å². The van der Waals surface area contributed by atoms with E-state index < -0.39 is 0 Å². The smallest absolute Gasteiger partial charge is 0.225 e. The van der Waals surface area contributed by atoms with Crippen molar-refractivity contribution < 1.29 is 9.59 Å². The zero-order valence-corrected chi connectivity index (χ0v) is 16.0. The first kappa shape index (κ1) is 18.7. The minimum Gasteiger partial charge on any atom is -0.354 e. The van der Waals surface area contributed by atoms with Crippen molar-refractivity contribution in [2.45, 2.75) is 45.7 Å². The molecule has 0 spiro atoms. The lowest BCUT2D eigenvalue weighted by Gasteiger charge is -2.32. The fourth-order valence-corrected chi connectivity index (χ4v) is 3.57. The molecular formula is C19H25ClN4O2. The van der Waals surface area contributed by atoms with Crippen LogP contribution in [0.1, 0.15) is 33.1 Å². The maximum atomic E-state index is 12.6. The summed E-state index contributed by atoms with van der Waals surface area (Å²) in [5.41, 5.74) is 0.929. The van der Waals surface area contributed by atoms with Crippen LogP contribution >= 0.6 is 11.6 Å². The number of hydrogen-bond donors (Lipinski definition) is 1. The molecule has 1 saturated heterocycles. The van der Waals surface area contributed by atoms with E-state index in [2.05, 4.69) is 10.4 Å². The summed E-state index contributed by atoms with van der Waals surface area (Å²) in [6.45, 7) is 5.62. The number of carbonyl (C=O) groups is 2. The quantitative estimate of drug-likeness (QED) is 0.872. The number of fused-ring (bicyclic) bond motifs is 1. The van der Waals surface area contributed by atoms with Crippen molar-refractivity contribution >= 4 is 34.3 Å². The van der Waals surface area contributed by atoms with Crippen LogP contribution in [0.5, 0.6) is 0 Å². The van der Waals surface area contributed by atoms with Gasteiger partial charge in [-0.2, -0.15) is 5.10 Å². The molecule has 2 amide bonds. The molecule has 7 heteroatoms. The molecule has 1 aromatic heterocycles. The second-order valence-corrected chi connectivity index (χ2v) is 7.60. The predicted octanol–water partition coefficient (Wildman–Crippen LogP) is 2.84. The van der Waals surface area contributed by atoms with E-state index in [1.165, 1.54) is 0 Å². The number of carbonyl (C=O) groups excluding carboxylic acids is 2. The standard InChI is InChI=1S/C19H25ClN4O2/c1-13(2)22-19(26)15-4-3-8-23(12-15)18(25)7-9-24-17-10-16(20)6-5-14(17)11-21-24/h5-6,10-11,13,15H,3-4,7-9,12H2,1-2H3,(H,22,26)/t15-/m0/s1. The molecule has 0 saturated carbocycles. The molecule has 0 aliphatic carbocycles. The van der Waals surface area contributed by atoms with Gasteiger partial charge >= 0.3 is 0 Å². The molecular weight excluding hydrogens is 352 g/mol.